The largest absolute Gasteiger partial charge is 0.365 e. The van der Waals surface area contributed by atoms with Gasteiger partial charge in [0.25, 0.3) is 0 Å². The smallest absolute Gasteiger partial charge is 0.143 e. The number of nitrogens with one attached hydrogen (secondary N) is 1. The molecule has 0 spiro atoms. The van der Waals surface area contributed by atoms with Crippen LogP contribution in [0.2, 0.25) is 0 Å². The first-order valence-corrected chi connectivity index (χ1v) is 6.65. The summed E-state index contributed by atoms with van der Waals surface area (Å²) in [6.45, 7) is 0. The Morgan fingerprint density at radius 3 is 2.93 bits per heavy atom. The fourth-order valence-corrected chi connectivity index (χ4v) is 2.64. The third kappa shape index (κ3) is 2.93. The molecule has 1 saturated carbocycles. The van der Waals surface area contributed by atoms with Gasteiger partial charge in [-0.1, -0.05) is 12.8 Å². The first-order chi connectivity index (χ1) is 7.27. The molecule has 15 heavy (non-hydrogen) atoms. The molecule has 2 rings (SSSR count). The van der Waals surface area contributed by atoms with Gasteiger partial charge in [-0.2, -0.15) is 0 Å². The van der Waals surface area contributed by atoms with Crippen molar-refractivity contribution in [2.24, 2.45) is 0 Å². The van der Waals surface area contributed by atoms with Crippen molar-refractivity contribution in [2.45, 2.75) is 37.1 Å². The van der Waals surface area contributed by atoms with Gasteiger partial charge in [0.15, 0.2) is 0 Å². The number of hydrogen-bond donors (Lipinski definition) is 1. The summed E-state index contributed by atoms with van der Waals surface area (Å²) in [7, 11) is 0. The van der Waals surface area contributed by atoms with Crippen LogP contribution in [0.3, 0.4) is 0 Å². The maximum absolute atomic E-state index is 6.28. The molecule has 0 aromatic carbocycles. The van der Waals surface area contributed by atoms with E-state index in [-0.39, 0.29) is 5.38 Å². The molecule has 1 aromatic rings. The summed E-state index contributed by atoms with van der Waals surface area (Å²) in [5, 5.41) is 3.63. The van der Waals surface area contributed by atoms with E-state index in [1.165, 1.54) is 12.8 Å². The van der Waals surface area contributed by atoms with Crippen molar-refractivity contribution in [3.63, 3.8) is 0 Å². The van der Waals surface area contributed by atoms with Gasteiger partial charge in [-0.15, -0.1) is 11.6 Å². The highest BCUT2D eigenvalue weighted by molar-refractivity contribution is 14.1. The van der Waals surface area contributed by atoms with E-state index in [0.29, 0.717) is 6.04 Å². The fourth-order valence-electron chi connectivity index (χ4n) is 1.84. The number of anilines is 1. The van der Waals surface area contributed by atoms with Crippen LogP contribution in [-0.2, 0) is 0 Å². The maximum atomic E-state index is 6.28. The molecule has 2 unspecified atom stereocenters. The van der Waals surface area contributed by atoms with Crippen LogP contribution in [0.4, 0.5) is 5.82 Å². The van der Waals surface area contributed by atoms with Crippen LogP contribution >= 0.6 is 34.2 Å². The van der Waals surface area contributed by atoms with Crippen molar-refractivity contribution < 1.29 is 0 Å². The lowest BCUT2D eigenvalue weighted by molar-refractivity contribution is 0.468. The second kappa shape index (κ2) is 5.30. The second-order valence-electron chi connectivity index (χ2n) is 3.77. The monoisotopic (exact) mass is 337 g/mol. The van der Waals surface area contributed by atoms with E-state index in [2.05, 4.69) is 37.9 Å². The average molecular weight is 338 g/mol. The van der Waals surface area contributed by atoms with Gasteiger partial charge < -0.3 is 5.32 Å². The van der Waals surface area contributed by atoms with Gasteiger partial charge in [0.2, 0.25) is 0 Å². The molecule has 0 amide bonds. The molecule has 1 fully saturated rings. The van der Waals surface area contributed by atoms with Crippen molar-refractivity contribution in [1.29, 1.82) is 0 Å². The van der Waals surface area contributed by atoms with Crippen LogP contribution in [0.1, 0.15) is 25.7 Å². The van der Waals surface area contributed by atoms with E-state index in [0.717, 1.165) is 22.2 Å². The molecule has 82 valence electrons. The van der Waals surface area contributed by atoms with E-state index in [1.54, 1.807) is 6.33 Å². The Morgan fingerprint density at radius 2 is 2.20 bits per heavy atom. The first kappa shape index (κ1) is 11.4. The molecule has 2 atom stereocenters. The lowest BCUT2D eigenvalue weighted by Crippen LogP contribution is -2.33. The lowest BCUT2D eigenvalue weighted by atomic mass is 9.95. The Bertz CT molecular complexity index is 334. The molecule has 1 heterocycles. The van der Waals surface area contributed by atoms with Crippen molar-refractivity contribution in [3.05, 3.63) is 16.1 Å². The molecular weight excluding hydrogens is 324 g/mol. The van der Waals surface area contributed by atoms with Crippen molar-refractivity contribution in [3.8, 4) is 0 Å². The van der Waals surface area contributed by atoms with Gasteiger partial charge in [-0.25, -0.2) is 9.97 Å². The minimum atomic E-state index is 0.226. The molecule has 3 nitrogen and oxygen atoms in total. The number of alkyl halides is 1. The number of nitrogens with zero attached hydrogens (tertiary/aromatic N) is 2. The van der Waals surface area contributed by atoms with Crippen LogP contribution in [0.15, 0.2) is 12.5 Å². The maximum Gasteiger partial charge on any atom is 0.143 e. The fraction of sp³-hybridized carbons (Fsp3) is 0.600. The van der Waals surface area contributed by atoms with Gasteiger partial charge in [-0.3, -0.25) is 0 Å². The van der Waals surface area contributed by atoms with E-state index in [1.807, 2.05) is 6.20 Å². The molecule has 1 aromatic heterocycles. The van der Waals surface area contributed by atoms with Gasteiger partial charge in [0.1, 0.15) is 12.1 Å². The Hall–Kier alpha value is -0.100. The minimum absolute atomic E-state index is 0.226. The summed E-state index contributed by atoms with van der Waals surface area (Å²) in [6, 6.07) is 0.351. The zero-order valence-corrected chi connectivity index (χ0v) is 11.2. The minimum Gasteiger partial charge on any atom is -0.365 e. The normalized spacial score (nSPS) is 26.3. The highest BCUT2D eigenvalue weighted by Crippen LogP contribution is 2.26. The lowest BCUT2D eigenvalue weighted by Gasteiger charge is -2.28. The standard InChI is InChI=1S/C10H13ClIN3/c11-7-3-1-2-4-9(7)15-10-8(12)5-13-6-14-10/h5-7,9H,1-4H2,(H,13,14,15). The van der Waals surface area contributed by atoms with E-state index >= 15 is 0 Å². The summed E-state index contributed by atoms with van der Waals surface area (Å²) < 4.78 is 1.05. The summed E-state index contributed by atoms with van der Waals surface area (Å²) >= 11 is 8.51. The van der Waals surface area contributed by atoms with Crippen molar-refractivity contribution in [1.82, 2.24) is 9.97 Å². The molecule has 0 radical (unpaired) electrons. The first-order valence-electron chi connectivity index (χ1n) is 5.13. The predicted molar refractivity (Wildman–Crippen MR) is 70.3 cm³/mol. The average Bonchev–Trinajstić information content (AvgIpc) is 2.24. The highest BCUT2D eigenvalue weighted by atomic mass is 127. The molecule has 1 aliphatic rings. The highest BCUT2D eigenvalue weighted by Gasteiger charge is 2.23. The van der Waals surface area contributed by atoms with E-state index in [9.17, 15) is 0 Å². The summed E-state index contributed by atoms with van der Waals surface area (Å²) in [5.41, 5.74) is 0. The molecule has 5 heteroatoms. The van der Waals surface area contributed by atoms with Crippen molar-refractivity contribution >= 4 is 40.0 Å². The molecule has 1 N–H and O–H groups in total. The van der Waals surface area contributed by atoms with Gasteiger partial charge in [0.05, 0.1) is 8.95 Å². The number of halogens is 2. The SMILES string of the molecule is ClC1CCCCC1Nc1ncncc1I. The molecule has 0 bridgehead atoms. The predicted octanol–water partition coefficient (Wildman–Crippen LogP) is 3.04. The summed E-state index contributed by atoms with van der Waals surface area (Å²) in [6.07, 6.45) is 8.10. The topological polar surface area (TPSA) is 37.8 Å². The van der Waals surface area contributed by atoms with E-state index in [4.69, 9.17) is 11.6 Å². The van der Waals surface area contributed by atoms with Crippen LogP contribution in [-0.4, -0.2) is 21.4 Å². The number of rotatable bonds is 2. The zero-order chi connectivity index (χ0) is 10.7. The Morgan fingerprint density at radius 1 is 1.40 bits per heavy atom. The molecule has 0 aliphatic heterocycles. The third-order valence-electron chi connectivity index (χ3n) is 2.67. The molecular formula is C10H13ClIN3. The van der Waals surface area contributed by atoms with Crippen LogP contribution in [0.25, 0.3) is 0 Å². The zero-order valence-electron chi connectivity index (χ0n) is 8.29. The Balaban J connectivity index is 2.04. The molecule has 0 saturated heterocycles. The van der Waals surface area contributed by atoms with Gasteiger partial charge >= 0.3 is 0 Å². The number of aromatic nitrogens is 2. The van der Waals surface area contributed by atoms with E-state index < -0.39 is 0 Å². The second-order valence-corrected chi connectivity index (χ2v) is 5.49. The third-order valence-corrected chi connectivity index (χ3v) is 3.98. The summed E-state index contributed by atoms with van der Waals surface area (Å²) in [5.74, 6) is 0.906. The molecule has 1 aliphatic carbocycles. The van der Waals surface area contributed by atoms with Gasteiger partial charge in [-0.05, 0) is 35.4 Å². The van der Waals surface area contributed by atoms with Gasteiger partial charge in [0, 0.05) is 12.2 Å². The van der Waals surface area contributed by atoms with Crippen LogP contribution in [0.5, 0.6) is 0 Å². The quantitative estimate of drug-likeness (QED) is 0.666. The summed E-state index contributed by atoms with van der Waals surface area (Å²) in [4.78, 5) is 8.18. The van der Waals surface area contributed by atoms with Crippen LogP contribution < -0.4 is 5.32 Å². The number of hydrogen-bond acceptors (Lipinski definition) is 3. The Labute approximate surface area is 108 Å². The van der Waals surface area contributed by atoms with Crippen LogP contribution in [0, 0.1) is 3.57 Å². The Kier molecular flexibility index (Phi) is 4.02. The van der Waals surface area contributed by atoms with Crippen molar-refractivity contribution in [2.75, 3.05) is 5.32 Å².